The number of para-hydroxylation sites is 1. The normalized spacial score (nSPS) is 11.2. The van der Waals surface area contributed by atoms with Crippen molar-refractivity contribution in [1.82, 2.24) is 0 Å². The minimum absolute atomic E-state index is 0.113. The number of halogens is 1. The van der Waals surface area contributed by atoms with E-state index >= 15 is 0 Å². The number of nitro groups is 1. The largest absolute Gasteiger partial charge is 0.289 e. The molecule has 1 N–H and O–H groups in total. The van der Waals surface area contributed by atoms with Crippen molar-refractivity contribution in [3.63, 3.8) is 0 Å². The van der Waals surface area contributed by atoms with Gasteiger partial charge in [-0.25, -0.2) is 8.42 Å². The van der Waals surface area contributed by atoms with Gasteiger partial charge in [-0.3, -0.25) is 14.8 Å². The van der Waals surface area contributed by atoms with Crippen LogP contribution in [-0.2, 0) is 16.4 Å². The summed E-state index contributed by atoms with van der Waals surface area (Å²) >= 11 is 5.69. The number of hydrogen-bond donors (Lipinski definition) is 1. The molecule has 0 saturated heterocycles. The van der Waals surface area contributed by atoms with Crippen molar-refractivity contribution in [2.24, 2.45) is 0 Å². The maximum absolute atomic E-state index is 12.4. The van der Waals surface area contributed by atoms with E-state index in [1.165, 1.54) is 12.1 Å². The summed E-state index contributed by atoms with van der Waals surface area (Å²) in [6, 6.07) is 10.3. The number of benzene rings is 2. The molecule has 0 atom stereocenters. The van der Waals surface area contributed by atoms with Crippen molar-refractivity contribution in [3.05, 3.63) is 63.2 Å². The van der Waals surface area contributed by atoms with E-state index < -0.39 is 20.6 Å². The second-order valence-electron chi connectivity index (χ2n) is 4.49. The van der Waals surface area contributed by atoms with E-state index in [0.29, 0.717) is 12.1 Å². The van der Waals surface area contributed by atoms with E-state index in [-0.39, 0.29) is 9.92 Å². The summed E-state index contributed by atoms with van der Waals surface area (Å²) < 4.78 is 27.2. The van der Waals surface area contributed by atoms with Crippen molar-refractivity contribution in [2.45, 2.75) is 18.2 Å². The summed E-state index contributed by atoms with van der Waals surface area (Å²) in [7, 11) is -3.93. The van der Waals surface area contributed by atoms with Crippen LogP contribution in [-0.4, -0.2) is 13.3 Å². The lowest BCUT2D eigenvalue weighted by molar-refractivity contribution is -0.384. The highest BCUT2D eigenvalue weighted by Crippen LogP contribution is 2.28. The maximum Gasteiger partial charge on any atom is 0.289 e. The van der Waals surface area contributed by atoms with Crippen LogP contribution in [0.4, 0.5) is 11.4 Å². The third kappa shape index (κ3) is 3.37. The van der Waals surface area contributed by atoms with Crippen LogP contribution in [0.25, 0.3) is 0 Å². The molecule has 0 bridgehead atoms. The van der Waals surface area contributed by atoms with Gasteiger partial charge in [0, 0.05) is 6.07 Å². The van der Waals surface area contributed by atoms with Crippen LogP contribution in [0.1, 0.15) is 12.5 Å². The highest BCUT2D eigenvalue weighted by Gasteiger charge is 2.21. The fourth-order valence-corrected chi connectivity index (χ4v) is 3.24. The molecule has 2 aromatic carbocycles. The first kappa shape index (κ1) is 16.3. The summed E-state index contributed by atoms with van der Waals surface area (Å²) in [6.45, 7) is 1.90. The van der Waals surface area contributed by atoms with Gasteiger partial charge in [0.2, 0.25) is 0 Å². The highest BCUT2D eigenvalue weighted by atomic mass is 35.5. The molecule has 0 aromatic heterocycles. The molecule has 2 rings (SSSR count). The zero-order valence-electron chi connectivity index (χ0n) is 11.6. The topological polar surface area (TPSA) is 89.3 Å². The fraction of sp³-hybridized carbons (Fsp3) is 0.143. The third-order valence-electron chi connectivity index (χ3n) is 3.07. The van der Waals surface area contributed by atoms with Crippen molar-refractivity contribution < 1.29 is 13.3 Å². The van der Waals surface area contributed by atoms with Gasteiger partial charge in [-0.05, 0) is 30.2 Å². The van der Waals surface area contributed by atoms with Gasteiger partial charge in [0.25, 0.3) is 15.7 Å². The van der Waals surface area contributed by atoms with Gasteiger partial charge in [0.05, 0.1) is 15.5 Å². The van der Waals surface area contributed by atoms with Crippen LogP contribution in [0.15, 0.2) is 47.4 Å². The first-order valence-electron chi connectivity index (χ1n) is 6.40. The molecule has 2 aromatic rings. The fourth-order valence-electron chi connectivity index (χ4n) is 1.93. The Morgan fingerprint density at radius 1 is 1.23 bits per heavy atom. The molecule has 0 radical (unpaired) electrons. The van der Waals surface area contributed by atoms with Crippen molar-refractivity contribution in [3.8, 4) is 0 Å². The van der Waals surface area contributed by atoms with Gasteiger partial charge < -0.3 is 0 Å². The molecule has 0 aliphatic carbocycles. The Bertz CT molecular complexity index is 821. The van der Waals surface area contributed by atoms with Crippen LogP contribution in [0.3, 0.4) is 0 Å². The zero-order valence-corrected chi connectivity index (χ0v) is 13.2. The number of anilines is 1. The van der Waals surface area contributed by atoms with Gasteiger partial charge in [-0.1, -0.05) is 36.7 Å². The van der Waals surface area contributed by atoms with Gasteiger partial charge in [0.1, 0.15) is 5.02 Å². The minimum atomic E-state index is -3.93. The standard InChI is InChI=1S/C14H13ClN2O4S/c1-2-10-5-3-4-6-13(10)16-22(20,21)11-7-8-12(15)14(9-11)17(18)19/h3-9,16H,2H2,1H3. The number of rotatable bonds is 5. The van der Waals surface area contributed by atoms with Crippen molar-refractivity contribution in [1.29, 1.82) is 0 Å². The number of hydrogen-bond acceptors (Lipinski definition) is 4. The van der Waals surface area contributed by atoms with Gasteiger partial charge in [-0.2, -0.15) is 0 Å². The van der Waals surface area contributed by atoms with E-state index in [2.05, 4.69) is 4.72 Å². The number of nitrogens with zero attached hydrogens (tertiary/aromatic N) is 1. The van der Waals surface area contributed by atoms with E-state index in [9.17, 15) is 18.5 Å². The van der Waals surface area contributed by atoms with Crippen LogP contribution < -0.4 is 4.72 Å². The molecule has 22 heavy (non-hydrogen) atoms. The monoisotopic (exact) mass is 340 g/mol. The smallest absolute Gasteiger partial charge is 0.279 e. The summed E-state index contributed by atoms with van der Waals surface area (Å²) in [5.74, 6) is 0. The Hall–Kier alpha value is -2.12. The van der Waals surface area contributed by atoms with Gasteiger partial charge in [-0.15, -0.1) is 0 Å². The second kappa shape index (κ2) is 6.33. The lowest BCUT2D eigenvalue weighted by atomic mass is 10.1. The Labute approximate surface area is 132 Å². The molecular weight excluding hydrogens is 328 g/mol. The van der Waals surface area contributed by atoms with Gasteiger partial charge >= 0.3 is 0 Å². The van der Waals surface area contributed by atoms with Crippen LogP contribution in [0.5, 0.6) is 0 Å². The number of aryl methyl sites for hydroxylation is 1. The maximum atomic E-state index is 12.4. The summed E-state index contributed by atoms with van der Waals surface area (Å²) in [6.07, 6.45) is 0.652. The SMILES string of the molecule is CCc1ccccc1NS(=O)(=O)c1ccc(Cl)c([N+](=O)[O-])c1. The first-order chi connectivity index (χ1) is 10.3. The van der Waals surface area contributed by atoms with Crippen LogP contribution >= 0.6 is 11.6 Å². The Kier molecular flexibility index (Phi) is 4.68. The van der Waals surface area contributed by atoms with Crippen LogP contribution in [0.2, 0.25) is 5.02 Å². The molecule has 6 nitrogen and oxygen atoms in total. The van der Waals surface area contributed by atoms with Crippen LogP contribution in [0, 0.1) is 10.1 Å². The average molecular weight is 341 g/mol. The molecule has 0 fully saturated rings. The summed E-state index contributed by atoms with van der Waals surface area (Å²) in [5, 5.41) is 10.8. The Morgan fingerprint density at radius 2 is 1.91 bits per heavy atom. The number of sulfonamides is 1. The predicted octanol–water partition coefficient (Wildman–Crippen LogP) is 3.61. The predicted molar refractivity (Wildman–Crippen MR) is 84.7 cm³/mol. The number of nitrogens with one attached hydrogen (secondary N) is 1. The molecular formula is C14H13ClN2O4S. The third-order valence-corrected chi connectivity index (χ3v) is 4.75. The molecule has 8 heteroatoms. The summed E-state index contributed by atoms with van der Waals surface area (Å²) in [4.78, 5) is 9.93. The van der Waals surface area contributed by atoms with Crippen molar-refractivity contribution in [2.75, 3.05) is 4.72 Å². The van der Waals surface area contributed by atoms with E-state index in [4.69, 9.17) is 11.6 Å². The highest BCUT2D eigenvalue weighted by molar-refractivity contribution is 7.92. The van der Waals surface area contributed by atoms with Gasteiger partial charge in [0.15, 0.2) is 0 Å². The molecule has 0 unspecified atom stereocenters. The van der Waals surface area contributed by atoms with E-state index in [0.717, 1.165) is 11.6 Å². The Balaban J connectivity index is 2.43. The first-order valence-corrected chi connectivity index (χ1v) is 8.26. The minimum Gasteiger partial charge on any atom is -0.279 e. The zero-order chi connectivity index (χ0) is 16.3. The van der Waals surface area contributed by atoms with Crippen molar-refractivity contribution >= 4 is 33.0 Å². The lowest BCUT2D eigenvalue weighted by Crippen LogP contribution is -2.14. The summed E-state index contributed by atoms with van der Waals surface area (Å²) in [5.41, 5.74) is 0.824. The Morgan fingerprint density at radius 3 is 2.55 bits per heavy atom. The molecule has 0 amide bonds. The lowest BCUT2D eigenvalue weighted by Gasteiger charge is -2.11. The molecule has 0 spiro atoms. The number of nitro benzene ring substituents is 1. The second-order valence-corrected chi connectivity index (χ2v) is 6.58. The van der Waals surface area contributed by atoms with E-state index in [1.807, 2.05) is 19.1 Å². The molecule has 0 heterocycles. The quantitative estimate of drug-likeness (QED) is 0.665. The average Bonchev–Trinajstić information content (AvgIpc) is 2.47. The molecule has 0 aliphatic heterocycles. The molecule has 0 saturated carbocycles. The molecule has 0 aliphatic rings. The molecule has 116 valence electrons. The van der Waals surface area contributed by atoms with E-state index in [1.54, 1.807) is 12.1 Å².